The molecule has 0 bridgehead atoms. The van der Waals surface area contributed by atoms with Crippen LogP contribution in [0.2, 0.25) is 0 Å². The van der Waals surface area contributed by atoms with Gasteiger partial charge in [0.15, 0.2) is 0 Å². The van der Waals surface area contributed by atoms with Crippen LogP contribution in [0, 0.1) is 4.91 Å². The fourth-order valence-electron chi connectivity index (χ4n) is 7.48. The number of hydrogen-bond acceptors (Lipinski definition) is 15. The van der Waals surface area contributed by atoms with E-state index in [4.69, 9.17) is 19.4 Å². The van der Waals surface area contributed by atoms with E-state index in [1.807, 2.05) is 24.0 Å². The summed E-state index contributed by atoms with van der Waals surface area (Å²) in [6.45, 7) is 5.19. The first-order valence-corrected chi connectivity index (χ1v) is 19.9. The smallest absolute Gasteiger partial charge is 0.401 e. The van der Waals surface area contributed by atoms with Crippen LogP contribution in [-0.4, -0.2) is 123 Å². The van der Waals surface area contributed by atoms with Gasteiger partial charge in [-0.05, 0) is 38.7 Å². The topological polar surface area (TPSA) is 165 Å². The van der Waals surface area contributed by atoms with Gasteiger partial charge in [0, 0.05) is 63.6 Å². The number of hydrogen-bond donors (Lipinski definition) is 1. The molecule has 4 aromatic rings. The quantitative estimate of drug-likeness (QED) is 0.155. The van der Waals surface area contributed by atoms with Gasteiger partial charge in [0.1, 0.15) is 29.9 Å². The second-order valence-corrected chi connectivity index (χ2v) is 15.3. The van der Waals surface area contributed by atoms with Crippen LogP contribution in [-0.2, 0) is 23.1 Å². The highest BCUT2D eigenvalue weighted by atomic mass is 32.2. The second-order valence-electron chi connectivity index (χ2n) is 14.1. The molecule has 1 aliphatic carbocycles. The third-order valence-corrected chi connectivity index (χ3v) is 11.5. The molecule has 0 aromatic carbocycles. The molecule has 1 N–H and O–H groups in total. The maximum absolute atomic E-state index is 13.2. The van der Waals surface area contributed by atoms with Crippen molar-refractivity contribution in [3.05, 3.63) is 47.5 Å². The molecule has 0 radical (unpaired) electrons. The molecule has 0 amide bonds. The van der Waals surface area contributed by atoms with Gasteiger partial charge in [0.05, 0.1) is 78.2 Å². The largest absolute Gasteiger partial charge is 0.593 e. The Morgan fingerprint density at radius 3 is 2.35 bits per heavy atom. The average molecular weight is 787 g/mol. The number of anilines is 4. The van der Waals surface area contributed by atoms with E-state index in [0.29, 0.717) is 86.6 Å². The van der Waals surface area contributed by atoms with Crippen molar-refractivity contribution in [2.45, 2.75) is 57.0 Å². The fraction of sp³-hybridized carbons (Fsp3) is 0.571. The first kappa shape index (κ1) is 38.7. The first-order valence-electron chi connectivity index (χ1n) is 18.4. The minimum atomic E-state index is -4.20. The number of halogens is 3. The number of pyridine rings is 2. The molecule has 0 spiro atoms. The lowest BCUT2D eigenvalue weighted by Crippen LogP contribution is -2.49. The van der Waals surface area contributed by atoms with E-state index >= 15 is 0 Å². The number of aromatic nitrogens is 6. The number of nitrogens with one attached hydrogen (secondary N) is 1. The van der Waals surface area contributed by atoms with Gasteiger partial charge in [-0.3, -0.25) is 9.88 Å². The van der Waals surface area contributed by atoms with Crippen molar-refractivity contribution < 1.29 is 27.2 Å². The molecule has 55 heavy (non-hydrogen) atoms. The Morgan fingerprint density at radius 1 is 1.00 bits per heavy atom. The molecule has 3 fully saturated rings. The van der Waals surface area contributed by atoms with Gasteiger partial charge in [-0.25, -0.2) is 15.0 Å². The highest BCUT2D eigenvalue weighted by molar-refractivity contribution is 7.92. The number of nitroso groups, excluding NO2 is 1. The molecule has 2 aliphatic heterocycles. The minimum Gasteiger partial charge on any atom is -0.593 e. The summed E-state index contributed by atoms with van der Waals surface area (Å²) in [7, 11) is 1.69. The third-order valence-electron chi connectivity index (χ3n) is 10.4. The van der Waals surface area contributed by atoms with E-state index in [1.54, 1.807) is 47.0 Å². The summed E-state index contributed by atoms with van der Waals surface area (Å²) < 4.78 is 67.1. The summed E-state index contributed by atoms with van der Waals surface area (Å²) in [5.74, 6) is 1.73. The standard InChI is InChI=1S/C35H45F3N12O4S/c1-23(30-21-42-34(45-51)46(30)2)50(55(3)52)25-16-28-29(39-18-25)17-31(49-12-14-53-15-13-49)44-32(28)54-27-6-4-24(5-7-27)43-33-40-19-26(20-41-33)48-10-8-47(9-11-48)22-35(36,37)38/h16-21,23-24,27H,4-15,22H2,1-3H3,(H,40,41,43)/t23?,24-,27+,55?. The van der Waals surface area contributed by atoms with Crippen LogP contribution in [0.15, 0.2) is 42.1 Å². The number of piperazine rings is 1. The maximum Gasteiger partial charge on any atom is 0.401 e. The highest BCUT2D eigenvalue weighted by Gasteiger charge is 2.33. The molecule has 1 saturated carbocycles. The van der Waals surface area contributed by atoms with E-state index < -0.39 is 30.1 Å². The van der Waals surface area contributed by atoms with Gasteiger partial charge < -0.3 is 33.7 Å². The monoisotopic (exact) mass is 786 g/mol. The molecule has 6 heterocycles. The molecule has 2 atom stereocenters. The molecular weight excluding hydrogens is 742 g/mol. The van der Waals surface area contributed by atoms with Crippen molar-refractivity contribution in [2.75, 3.05) is 84.7 Å². The van der Waals surface area contributed by atoms with E-state index in [1.165, 1.54) is 4.90 Å². The van der Waals surface area contributed by atoms with Crippen molar-refractivity contribution in [1.29, 1.82) is 0 Å². The molecule has 296 valence electrons. The van der Waals surface area contributed by atoms with Crippen molar-refractivity contribution in [3.63, 3.8) is 0 Å². The molecule has 2 unspecified atom stereocenters. The van der Waals surface area contributed by atoms with Gasteiger partial charge in [0.25, 0.3) is 5.95 Å². The molecule has 4 aromatic heterocycles. The number of rotatable bonds is 12. The number of nitrogens with zero attached hydrogens (tertiary/aromatic N) is 11. The summed E-state index contributed by atoms with van der Waals surface area (Å²) >= 11 is -1.47. The summed E-state index contributed by atoms with van der Waals surface area (Å²) in [4.78, 5) is 39.7. The number of alkyl halides is 3. The second kappa shape index (κ2) is 16.7. The van der Waals surface area contributed by atoms with Gasteiger partial charge in [-0.15, -0.1) is 4.91 Å². The SMILES string of the molecule is CC(c1cnc(N=O)n1C)N(c1cnc2cc(N3CCOCC3)nc(O[C@H]3CC[C@@H](Nc4ncc(N5CCN(CC(F)(F)F)CC5)cn4)CC3)c2c1)[S+](C)[O-]. The maximum atomic E-state index is 13.2. The Hall–Kier alpha value is -4.53. The van der Waals surface area contributed by atoms with E-state index in [2.05, 4.69) is 30.3 Å². The zero-order valence-electron chi connectivity index (χ0n) is 31.0. The summed E-state index contributed by atoms with van der Waals surface area (Å²) in [6, 6.07) is 3.54. The Bertz CT molecular complexity index is 1920. The normalized spacial score (nSPS) is 21.0. The number of morpholine rings is 1. The Kier molecular flexibility index (Phi) is 11.7. The lowest BCUT2D eigenvalue weighted by Gasteiger charge is -2.36. The predicted octanol–water partition coefficient (Wildman–Crippen LogP) is 4.74. The molecular formula is C35H45F3N12O4S. The fourth-order valence-corrected chi connectivity index (χ4v) is 8.43. The highest BCUT2D eigenvalue weighted by Crippen LogP contribution is 2.37. The zero-order chi connectivity index (χ0) is 38.7. The lowest BCUT2D eigenvalue weighted by atomic mass is 9.93. The molecule has 7 rings (SSSR count). The van der Waals surface area contributed by atoms with Gasteiger partial charge in [-0.1, -0.05) is 0 Å². The van der Waals surface area contributed by atoms with Gasteiger partial charge in [0.2, 0.25) is 11.8 Å². The van der Waals surface area contributed by atoms with Crippen LogP contribution in [0.3, 0.4) is 0 Å². The average Bonchev–Trinajstić information content (AvgIpc) is 3.56. The predicted molar refractivity (Wildman–Crippen MR) is 203 cm³/mol. The van der Waals surface area contributed by atoms with Crippen molar-refractivity contribution >= 4 is 51.4 Å². The summed E-state index contributed by atoms with van der Waals surface area (Å²) in [5.41, 5.74) is 2.73. The first-order chi connectivity index (χ1) is 26.5. The number of imidazole rings is 1. The Balaban J connectivity index is 1.03. The van der Waals surface area contributed by atoms with Crippen molar-refractivity contribution in [1.82, 2.24) is 34.4 Å². The van der Waals surface area contributed by atoms with Gasteiger partial charge in [-0.2, -0.15) is 22.5 Å². The summed E-state index contributed by atoms with van der Waals surface area (Å²) in [5, 5.41) is 7.10. The van der Waals surface area contributed by atoms with Crippen LogP contribution in [0.4, 0.5) is 42.3 Å². The van der Waals surface area contributed by atoms with Gasteiger partial charge >= 0.3 is 6.18 Å². The number of fused-ring (bicyclic) bond motifs is 1. The molecule has 2 saturated heterocycles. The third kappa shape index (κ3) is 9.13. The van der Waals surface area contributed by atoms with Crippen LogP contribution in [0.5, 0.6) is 5.88 Å². The Labute approximate surface area is 319 Å². The van der Waals surface area contributed by atoms with E-state index in [9.17, 15) is 22.6 Å². The Morgan fingerprint density at radius 2 is 1.71 bits per heavy atom. The van der Waals surface area contributed by atoms with Crippen LogP contribution < -0.4 is 24.2 Å². The minimum absolute atomic E-state index is 0.0312. The zero-order valence-corrected chi connectivity index (χ0v) is 31.8. The van der Waals surface area contributed by atoms with Crippen molar-refractivity contribution in [3.8, 4) is 5.88 Å². The van der Waals surface area contributed by atoms with Crippen LogP contribution in [0.25, 0.3) is 10.9 Å². The van der Waals surface area contributed by atoms with Crippen LogP contribution >= 0.6 is 0 Å². The van der Waals surface area contributed by atoms with E-state index in [-0.39, 0.29) is 18.1 Å². The number of ether oxygens (including phenoxy) is 2. The van der Waals surface area contributed by atoms with Crippen LogP contribution in [0.1, 0.15) is 44.3 Å². The van der Waals surface area contributed by atoms with E-state index in [0.717, 1.165) is 37.2 Å². The summed E-state index contributed by atoms with van der Waals surface area (Å²) in [6.07, 6.45) is 7.09. The molecule has 3 aliphatic rings. The molecule has 20 heteroatoms. The lowest BCUT2D eigenvalue weighted by molar-refractivity contribution is -0.146. The molecule has 16 nitrogen and oxygen atoms in total. The van der Waals surface area contributed by atoms with Crippen molar-refractivity contribution in [2.24, 2.45) is 12.2 Å².